The van der Waals surface area contributed by atoms with Gasteiger partial charge in [-0.2, -0.15) is 9.78 Å². The first kappa shape index (κ1) is 22.4. The summed E-state index contributed by atoms with van der Waals surface area (Å²) in [7, 11) is 2.04. The molecule has 0 radical (unpaired) electrons. The van der Waals surface area contributed by atoms with Gasteiger partial charge in [-0.25, -0.2) is 8.78 Å². The Bertz CT molecular complexity index is 1320. The number of carbonyl (C=O) groups excluding carboxylic acids is 1. The van der Waals surface area contributed by atoms with E-state index in [2.05, 4.69) is 27.1 Å². The fourth-order valence-electron chi connectivity index (χ4n) is 4.37. The monoisotopic (exact) mass is 483 g/mol. The zero-order valence-electron chi connectivity index (χ0n) is 18.7. The molecule has 0 bridgehead atoms. The number of thioether (sulfide) groups is 1. The van der Waals surface area contributed by atoms with Gasteiger partial charge in [-0.1, -0.05) is 17.8 Å². The molecule has 3 aromatic rings. The summed E-state index contributed by atoms with van der Waals surface area (Å²) < 4.78 is 29.1. The van der Waals surface area contributed by atoms with Crippen LogP contribution in [0.25, 0.3) is 5.69 Å². The third-order valence-electron chi connectivity index (χ3n) is 6.16. The molecule has 0 aliphatic carbocycles. The molecule has 3 heterocycles. The standard InChI is InChI=1S/C24H23F2N5O2S/c1-14-29(2)23-19(34-14)10-8-17(22(23)30-12-3-4-13-30)27-24(33)18-9-11-20(32)31(28-18)21-15(25)6-5-7-16(21)26/h5-11,14H,3-4,12-13H2,1-2H3,(H,27,33). The Morgan fingerprint density at radius 3 is 2.44 bits per heavy atom. The Kier molecular flexibility index (Phi) is 5.76. The van der Waals surface area contributed by atoms with Gasteiger partial charge in [0.2, 0.25) is 0 Å². The van der Waals surface area contributed by atoms with Gasteiger partial charge in [0.25, 0.3) is 11.5 Å². The molecule has 2 aliphatic heterocycles. The molecule has 176 valence electrons. The zero-order valence-corrected chi connectivity index (χ0v) is 19.5. The van der Waals surface area contributed by atoms with E-state index >= 15 is 0 Å². The Morgan fingerprint density at radius 1 is 1.03 bits per heavy atom. The van der Waals surface area contributed by atoms with Gasteiger partial charge < -0.3 is 15.1 Å². The van der Waals surface area contributed by atoms with Crippen LogP contribution < -0.4 is 20.7 Å². The number of hydrogen-bond donors (Lipinski definition) is 1. The lowest BCUT2D eigenvalue weighted by atomic mass is 10.1. The summed E-state index contributed by atoms with van der Waals surface area (Å²) in [5.41, 5.74) is 1.16. The lowest BCUT2D eigenvalue weighted by Crippen LogP contribution is -2.28. The second-order valence-electron chi connectivity index (χ2n) is 8.32. The molecule has 1 atom stereocenters. The van der Waals surface area contributed by atoms with Crippen molar-refractivity contribution in [3.05, 3.63) is 70.1 Å². The normalized spacial score (nSPS) is 17.2. The number of aromatic nitrogens is 2. The van der Waals surface area contributed by atoms with E-state index in [1.807, 2.05) is 19.2 Å². The number of halogens is 2. The van der Waals surface area contributed by atoms with E-state index in [1.165, 1.54) is 12.1 Å². The fourth-order valence-corrected chi connectivity index (χ4v) is 5.50. The van der Waals surface area contributed by atoms with E-state index in [9.17, 15) is 18.4 Å². The summed E-state index contributed by atoms with van der Waals surface area (Å²) >= 11 is 1.77. The predicted molar refractivity (Wildman–Crippen MR) is 129 cm³/mol. The van der Waals surface area contributed by atoms with Gasteiger partial charge in [-0.15, -0.1) is 0 Å². The van der Waals surface area contributed by atoms with Gasteiger partial charge in [0.05, 0.1) is 22.4 Å². The van der Waals surface area contributed by atoms with Crippen LogP contribution in [0.4, 0.5) is 25.8 Å². The number of amides is 1. The minimum Gasteiger partial charge on any atom is -0.368 e. The third kappa shape index (κ3) is 3.81. The maximum atomic E-state index is 14.3. The van der Waals surface area contributed by atoms with Crippen molar-refractivity contribution in [2.75, 3.05) is 35.3 Å². The zero-order chi connectivity index (χ0) is 24.0. The van der Waals surface area contributed by atoms with Crippen molar-refractivity contribution in [2.45, 2.75) is 30.0 Å². The number of para-hydroxylation sites is 1. The molecule has 1 unspecified atom stereocenters. The van der Waals surface area contributed by atoms with Crippen LogP contribution in [-0.4, -0.2) is 41.2 Å². The minimum atomic E-state index is -0.947. The first-order valence-corrected chi connectivity index (χ1v) is 11.9. The van der Waals surface area contributed by atoms with E-state index in [-0.39, 0.29) is 11.1 Å². The smallest absolute Gasteiger partial charge is 0.276 e. The summed E-state index contributed by atoms with van der Waals surface area (Å²) in [6, 6.07) is 9.43. The molecule has 5 rings (SSSR count). The highest BCUT2D eigenvalue weighted by Crippen LogP contribution is 2.51. The summed E-state index contributed by atoms with van der Waals surface area (Å²) in [6.07, 6.45) is 2.15. The maximum absolute atomic E-state index is 14.3. The Morgan fingerprint density at radius 2 is 1.74 bits per heavy atom. The number of nitrogens with zero attached hydrogens (tertiary/aromatic N) is 4. The average Bonchev–Trinajstić information content (AvgIpc) is 3.43. The number of nitrogens with one attached hydrogen (secondary N) is 1. The van der Waals surface area contributed by atoms with Gasteiger partial charge in [-0.3, -0.25) is 9.59 Å². The molecule has 2 aromatic carbocycles. The fraction of sp³-hybridized carbons (Fsp3) is 0.292. The molecule has 2 aliphatic rings. The lowest BCUT2D eigenvalue weighted by Gasteiger charge is -2.28. The Labute approximate surface area is 199 Å². The lowest BCUT2D eigenvalue weighted by molar-refractivity contribution is 0.102. The summed E-state index contributed by atoms with van der Waals surface area (Å²) in [5.74, 6) is -2.47. The van der Waals surface area contributed by atoms with Gasteiger partial charge in [0, 0.05) is 31.1 Å². The van der Waals surface area contributed by atoms with Crippen LogP contribution in [-0.2, 0) is 0 Å². The SMILES string of the molecule is CC1Sc2ccc(NC(=O)c3ccc(=O)n(-c4c(F)cccc4F)n3)c(N3CCCC3)c2N1C. The molecule has 34 heavy (non-hydrogen) atoms. The first-order chi connectivity index (χ1) is 16.3. The number of hydrogen-bond acceptors (Lipinski definition) is 6. The summed E-state index contributed by atoms with van der Waals surface area (Å²) in [6.45, 7) is 3.91. The highest BCUT2D eigenvalue weighted by Gasteiger charge is 2.32. The van der Waals surface area contributed by atoms with E-state index in [0.29, 0.717) is 10.4 Å². The van der Waals surface area contributed by atoms with E-state index in [1.54, 1.807) is 11.8 Å². The third-order valence-corrected chi connectivity index (χ3v) is 7.40. The molecule has 1 amide bonds. The molecular weight excluding hydrogens is 460 g/mol. The van der Waals surface area contributed by atoms with E-state index < -0.39 is 28.8 Å². The molecule has 1 N–H and O–H groups in total. The van der Waals surface area contributed by atoms with Crippen molar-refractivity contribution in [3.8, 4) is 5.69 Å². The van der Waals surface area contributed by atoms with Crippen LogP contribution in [0.2, 0.25) is 0 Å². The number of anilines is 3. The van der Waals surface area contributed by atoms with Crippen molar-refractivity contribution in [1.29, 1.82) is 0 Å². The van der Waals surface area contributed by atoms with Crippen molar-refractivity contribution in [2.24, 2.45) is 0 Å². The van der Waals surface area contributed by atoms with Gasteiger partial charge in [0.15, 0.2) is 11.6 Å². The predicted octanol–water partition coefficient (Wildman–Crippen LogP) is 4.25. The number of carbonyl (C=O) groups is 1. The molecule has 0 saturated carbocycles. The van der Waals surface area contributed by atoms with Crippen LogP contribution in [0, 0.1) is 11.6 Å². The summed E-state index contributed by atoms with van der Waals surface area (Å²) in [4.78, 5) is 31.1. The Balaban J connectivity index is 1.53. The number of rotatable bonds is 4. The van der Waals surface area contributed by atoms with Crippen molar-refractivity contribution in [3.63, 3.8) is 0 Å². The van der Waals surface area contributed by atoms with Gasteiger partial charge >= 0.3 is 0 Å². The van der Waals surface area contributed by atoms with Crippen molar-refractivity contribution >= 4 is 34.7 Å². The highest BCUT2D eigenvalue weighted by molar-refractivity contribution is 8.00. The number of fused-ring (bicyclic) bond motifs is 1. The van der Waals surface area contributed by atoms with Crippen LogP contribution in [0.5, 0.6) is 0 Å². The van der Waals surface area contributed by atoms with Gasteiger partial charge in [0.1, 0.15) is 11.4 Å². The Hall–Kier alpha value is -3.40. The molecule has 7 nitrogen and oxygen atoms in total. The minimum absolute atomic E-state index is 0.133. The molecule has 1 saturated heterocycles. The van der Waals surface area contributed by atoms with Crippen LogP contribution in [0.3, 0.4) is 0 Å². The average molecular weight is 484 g/mol. The maximum Gasteiger partial charge on any atom is 0.276 e. The second kappa shape index (κ2) is 8.75. The molecule has 1 aromatic heterocycles. The van der Waals surface area contributed by atoms with Gasteiger partial charge in [-0.05, 0) is 50.1 Å². The highest BCUT2D eigenvalue weighted by atomic mass is 32.2. The quantitative estimate of drug-likeness (QED) is 0.598. The number of benzene rings is 2. The second-order valence-corrected chi connectivity index (χ2v) is 9.68. The molecule has 1 fully saturated rings. The van der Waals surface area contributed by atoms with E-state index in [0.717, 1.165) is 60.4 Å². The topological polar surface area (TPSA) is 70.5 Å². The van der Waals surface area contributed by atoms with Crippen molar-refractivity contribution < 1.29 is 13.6 Å². The largest absolute Gasteiger partial charge is 0.368 e. The van der Waals surface area contributed by atoms with Crippen LogP contribution >= 0.6 is 11.8 Å². The summed E-state index contributed by atoms with van der Waals surface area (Å²) in [5, 5.41) is 7.15. The van der Waals surface area contributed by atoms with Crippen molar-refractivity contribution in [1.82, 2.24) is 9.78 Å². The molecule has 0 spiro atoms. The molecular formula is C24H23F2N5O2S. The first-order valence-electron chi connectivity index (χ1n) is 11.0. The molecule has 10 heteroatoms. The van der Waals surface area contributed by atoms with Crippen LogP contribution in [0.1, 0.15) is 30.3 Å². The van der Waals surface area contributed by atoms with Crippen LogP contribution in [0.15, 0.2) is 52.2 Å². The van der Waals surface area contributed by atoms with E-state index in [4.69, 9.17) is 0 Å².